The fraction of sp³-hybridized carbons (Fsp3) is 0.667. The minimum absolute atomic E-state index is 0. The van der Waals surface area contributed by atoms with Crippen LogP contribution in [0.3, 0.4) is 0 Å². The molecule has 1 fully saturated rings. The van der Waals surface area contributed by atoms with Crippen molar-refractivity contribution in [3.8, 4) is 5.75 Å². The van der Waals surface area contributed by atoms with E-state index in [0.717, 1.165) is 50.9 Å². The van der Waals surface area contributed by atoms with Crippen molar-refractivity contribution in [3.63, 3.8) is 0 Å². The first-order chi connectivity index (χ1) is 12.6. The van der Waals surface area contributed by atoms with Crippen molar-refractivity contribution in [2.45, 2.75) is 45.6 Å². The Hall–Kier alpha value is -1.02. The highest BCUT2D eigenvalue weighted by Gasteiger charge is 2.27. The second-order valence-electron chi connectivity index (χ2n) is 7.05. The van der Waals surface area contributed by atoms with Gasteiger partial charge in [0.2, 0.25) is 0 Å². The van der Waals surface area contributed by atoms with Crippen LogP contribution in [0, 0.1) is 0 Å². The second kappa shape index (κ2) is 12.4. The summed E-state index contributed by atoms with van der Waals surface area (Å²) in [7, 11) is 3.59. The number of nitrogens with one attached hydrogen (secondary N) is 1. The van der Waals surface area contributed by atoms with Crippen LogP contribution in [-0.2, 0) is 0 Å². The lowest BCUT2D eigenvalue weighted by molar-refractivity contribution is 0.223. The SMILES string of the molecule is CCN(CC)C1CCN(C(=NC)NCCC(C)c2ccc(OC)cc2)C1.I. The molecule has 0 spiro atoms. The van der Waals surface area contributed by atoms with Gasteiger partial charge in [0.1, 0.15) is 5.75 Å². The summed E-state index contributed by atoms with van der Waals surface area (Å²) >= 11 is 0. The van der Waals surface area contributed by atoms with Gasteiger partial charge in [-0.15, -0.1) is 24.0 Å². The highest BCUT2D eigenvalue weighted by Crippen LogP contribution is 2.21. The number of likely N-dealkylation sites (N-methyl/N-ethyl adjacent to an activating group) is 1. The molecule has 27 heavy (non-hydrogen) atoms. The lowest BCUT2D eigenvalue weighted by atomic mass is 9.98. The van der Waals surface area contributed by atoms with E-state index in [-0.39, 0.29) is 24.0 Å². The van der Waals surface area contributed by atoms with E-state index in [0.29, 0.717) is 12.0 Å². The van der Waals surface area contributed by atoms with Gasteiger partial charge in [-0.1, -0.05) is 32.9 Å². The number of nitrogens with zero attached hydrogens (tertiary/aromatic N) is 3. The van der Waals surface area contributed by atoms with Crippen LogP contribution >= 0.6 is 24.0 Å². The molecule has 1 aliphatic rings. The Morgan fingerprint density at radius 2 is 1.96 bits per heavy atom. The Morgan fingerprint density at radius 1 is 1.30 bits per heavy atom. The first-order valence-corrected chi connectivity index (χ1v) is 9.96. The van der Waals surface area contributed by atoms with Crippen LogP contribution in [0.25, 0.3) is 0 Å². The van der Waals surface area contributed by atoms with E-state index in [1.165, 1.54) is 12.0 Å². The summed E-state index contributed by atoms with van der Waals surface area (Å²) in [5.74, 6) is 2.46. The van der Waals surface area contributed by atoms with Crippen LogP contribution in [-0.4, -0.2) is 68.7 Å². The second-order valence-corrected chi connectivity index (χ2v) is 7.05. The van der Waals surface area contributed by atoms with Crippen LogP contribution in [0.1, 0.15) is 45.1 Å². The van der Waals surface area contributed by atoms with Gasteiger partial charge in [0.25, 0.3) is 0 Å². The van der Waals surface area contributed by atoms with Crippen molar-refractivity contribution in [1.82, 2.24) is 15.1 Å². The zero-order valence-corrected chi connectivity index (χ0v) is 19.9. The van der Waals surface area contributed by atoms with Gasteiger partial charge in [0.15, 0.2) is 5.96 Å². The molecule has 154 valence electrons. The molecule has 1 heterocycles. The summed E-state index contributed by atoms with van der Waals surface area (Å²) in [4.78, 5) is 9.46. The maximum atomic E-state index is 5.24. The van der Waals surface area contributed by atoms with Crippen molar-refractivity contribution >= 4 is 29.9 Å². The molecule has 1 aromatic rings. The number of benzene rings is 1. The Morgan fingerprint density at radius 3 is 2.52 bits per heavy atom. The standard InChI is InChI=1S/C21H36N4O.HI/c1-6-24(7-2)19-13-15-25(16-19)21(22-4)23-14-12-17(3)18-8-10-20(26-5)11-9-18;/h8-11,17,19H,6-7,12-16H2,1-5H3,(H,22,23);1H. The number of guanidine groups is 1. The molecule has 1 aromatic carbocycles. The molecular weight excluding hydrogens is 451 g/mol. The van der Waals surface area contributed by atoms with E-state index >= 15 is 0 Å². The van der Waals surface area contributed by atoms with Crippen molar-refractivity contribution in [2.24, 2.45) is 4.99 Å². The first-order valence-electron chi connectivity index (χ1n) is 9.96. The fourth-order valence-corrected chi connectivity index (χ4v) is 3.80. The van der Waals surface area contributed by atoms with Gasteiger partial charge < -0.3 is 15.0 Å². The molecule has 0 radical (unpaired) electrons. The predicted molar refractivity (Wildman–Crippen MR) is 126 cm³/mol. The minimum atomic E-state index is 0. The van der Waals surface area contributed by atoms with E-state index in [2.05, 4.69) is 53.0 Å². The van der Waals surface area contributed by atoms with Gasteiger partial charge in [-0.25, -0.2) is 0 Å². The zero-order valence-electron chi connectivity index (χ0n) is 17.6. The summed E-state index contributed by atoms with van der Waals surface area (Å²) in [5, 5.41) is 3.56. The number of rotatable bonds is 8. The highest BCUT2D eigenvalue weighted by molar-refractivity contribution is 14.0. The molecule has 0 bridgehead atoms. The van der Waals surface area contributed by atoms with E-state index < -0.39 is 0 Å². The van der Waals surface area contributed by atoms with E-state index in [1.54, 1.807) is 7.11 Å². The van der Waals surface area contributed by atoms with Crippen molar-refractivity contribution < 1.29 is 4.74 Å². The molecular formula is C21H37IN4O. The summed E-state index contributed by atoms with van der Waals surface area (Å²) in [5.41, 5.74) is 1.35. The van der Waals surface area contributed by atoms with Gasteiger partial charge in [-0.2, -0.15) is 0 Å². The van der Waals surface area contributed by atoms with E-state index in [4.69, 9.17) is 4.74 Å². The maximum Gasteiger partial charge on any atom is 0.193 e. The summed E-state index contributed by atoms with van der Waals surface area (Å²) in [6, 6.07) is 9.05. The van der Waals surface area contributed by atoms with Crippen molar-refractivity contribution in [3.05, 3.63) is 29.8 Å². The molecule has 2 unspecified atom stereocenters. The highest BCUT2D eigenvalue weighted by atomic mass is 127. The summed E-state index contributed by atoms with van der Waals surface area (Å²) in [6.45, 7) is 12.1. The van der Waals surface area contributed by atoms with Gasteiger partial charge in [0, 0.05) is 32.7 Å². The largest absolute Gasteiger partial charge is 0.497 e. The molecule has 2 atom stereocenters. The maximum absolute atomic E-state index is 5.24. The molecule has 2 rings (SSSR count). The topological polar surface area (TPSA) is 40.1 Å². The van der Waals surface area contributed by atoms with Crippen LogP contribution in [0.5, 0.6) is 5.75 Å². The fourth-order valence-electron chi connectivity index (χ4n) is 3.80. The first kappa shape index (κ1) is 24.0. The van der Waals surface area contributed by atoms with Crippen LogP contribution in [0.15, 0.2) is 29.3 Å². The lowest BCUT2D eigenvalue weighted by Crippen LogP contribution is -2.43. The van der Waals surface area contributed by atoms with E-state index in [1.807, 2.05) is 19.2 Å². The number of ether oxygens (including phenoxy) is 1. The third kappa shape index (κ3) is 6.82. The smallest absolute Gasteiger partial charge is 0.193 e. The number of methoxy groups -OCH3 is 1. The lowest BCUT2D eigenvalue weighted by Gasteiger charge is -2.27. The Kier molecular flexibility index (Phi) is 11.1. The quantitative estimate of drug-likeness (QED) is 0.344. The van der Waals surface area contributed by atoms with Gasteiger partial charge >= 0.3 is 0 Å². The van der Waals surface area contributed by atoms with Crippen molar-refractivity contribution in [2.75, 3.05) is 46.9 Å². The molecule has 5 nitrogen and oxygen atoms in total. The van der Waals surface area contributed by atoms with Crippen LogP contribution in [0.4, 0.5) is 0 Å². The molecule has 1 aliphatic heterocycles. The molecule has 0 aliphatic carbocycles. The number of hydrogen-bond donors (Lipinski definition) is 1. The number of likely N-dealkylation sites (tertiary alicyclic amines) is 1. The Labute approximate surface area is 182 Å². The predicted octanol–water partition coefficient (Wildman–Crippen LogP) is 3.80. The Bertz CT molecular complexity index is 560. The number of hydrogen-bond acceptors (Lipinski definition) is 3. The molecule has 1 N–H and O–H groups in total. The van der Waals surface area contributed by atoms with Gasteiger partial charge in [-0.05, 0) is 49.5 Å². The molecule has 6 heteroatoms. The summed E-state index contributed by atoms with van der Waals surface area (Å²) < 4.78 is 5.24. The average Bonchev–Trinajstić information content (AvgIpc) is 3.15. The van der Waals surface area contributed by atoms with Gasteiger partial charge in [0.05, 0.1) is 7.11 Å². The van der Waals surface area contributed by atoms with Crippen LogP contribution in [0.2, 0.25) is 0 Å². The van der Waals surface area contributed by atoms with Crippen molar-refractivity contribution in [1.29, 1.82) is 0 Å². The summed E-state index contributed by atoms with van der Waals surface area (Å²) in [6.07, 6.45) is 2.31. The van der Waals surface area contributed by atoms with Crippen LogP contribution < -0.4 is 10.1 Å². The average molecular weight is 488 g/mol. The van der Waals surface area contributed by atoms with Gasteiger partial charge in [-0.3, -0.25) is 9.89 Å². The molecule has 1 saturated heterocycles. The number of aliphatic imine (C=N–C) groups is 1. The zero-order chi connectivity index (χ0) is 18.9. The Balaban J connectivity index is 0.00000364. The third-order valence-electron chi connectivity index (χ3n) is 5.55. The third-order valence-corrected chi connectivity index (χ3v) is 5.55. The molecule has 0 amide bonds. The normalized spacial score (nSPS) is 18.4. The number of halogens is 1. The molecule has 0 saturated carbocycles. The minimum Gasteiger partial charge on any atom is -0.497 e. The monoisotopic (exact) mass is 488 g/mol. The van der Waals surface area contributed by atoms with E-state index in [9.17, 15) is 0 Å². The molecule has 0 aromatic heterocycles.